The minimum Gasteiger partial charge on any atom is -0.391 e. The van der Waals surface area contributed by atoms with Crippen molar-refractivity contribution in [1.29, 1.82) is 0 Å². The van der Waals surface area contributed by atoms with Crippen LogP contribution in [0.25, 0.3) is 0 Å². The number of benzene rings is 1. The lowest BCUT2D eigenvalue weighted by Crippen LogP contribution is -2.52. The van der Waals surface area contributed by atoms with E-state index in [1.165, 1.54) is 11.1 Å². The van der Waals surface area contributed by atoms with Crippen molar-refractivity contribution in [2.45, 2.75) is 38.1 Å². The summed E-state index contributed by atoms with van der Waals surface area (Å²) >= 11 is 5.01. The molecule has 106 valence electrons. The van der Waals surface area contributed by atoms with Crippen molar-refractivity contribution in [1.82, 2.24) is 5.32 Å². The van der Waals surface area contributed by atoms with Crippen LogP contribution in [-0.4, -0.2) is 16.4 Å². The van der Waals surface area contributed by atoms with E-state index in [1.54, 1.807) is 0 Å². The second-order valence-electron chi connectivity index (χ2n) is 6.43. The molecule has 1 aromatic rings. The Morgan fingerprint density at radius 3 is 2.80 bits per heavy atom. The molecule has 20 heavy (non-hydrogen) atoms. The topological polar surface area (TPSA) is 55.1 Å². The molecule has 3 nitrogen and oxygen atoms in total. The predicted octanol–water partition coefficient (Wildman–Crippen LogP) is 2.14. The molecule has 1 fully saturated rings. The van der Waals surface area contributed by atoms with Crippen LogP contribution in [0.4, 0.5) is 0 Å². The van der Waals surface area contributed by atoms with Gasteiger partial charge in [-0.05, 0) is 49.7 Å². The maximum atomic E-state index is 12.5. The molecule has 2 aliphatic rings. The van der Waals surface area contributed by atoms with Gasteiger partial charge >= 0.3 is 0 Å². The van der Waals surface area contributed by atoms with Crippen molar-refractivity contribution in [2.24, 2.45) is 17.6 Å². The Labute approximate surface area is 124 Å². The van der Waals surface area contributed by atoms with Crippen molar-refractivity contribution < 1.29 is 4.79 Å². The van der Waals surface area contributed by atoms with Crippen LogP contribution in [0, 0.1) is 11.8 Å². The minimum atomic E-state index is -0.613. The average Bonchev–Trinajstić information content (AvgIpc) is 3.12. The zero-order valence-electron chi connectivity index (χ0n) is 11.8. The van der Waals surface area contributed by atoms with Crippen molar-refractivity contribution >= 4 is 23.1 Å². The van der Waals surface area contributed by atoms with Crippen LogP contribution >= 0.6 is 12.2 Å². The Morgan fingerprint density at radius 2 is 2.10 bits per heavy atom. The number of hydrogen-bond acceptors (Lipinski definition) is 2. The van der Waals surface area contributed by atoms with Crippen LogP contribution in [0.5, 0.6) is 0 Å². The Hall–Kier alpha value is -1.42. The molecule has 3 unspecified atom stereocenters. The first-order chi connectivity index (χ1) is 9.42. The lowest BCUT2D eigenvalue weighted by Gasteiger charge is -2.24. The molecule has 3 atom stereocenters. The summed E-state index contributed by atoms with van der Waals surface area (Å²) < 4.78 is 0. The van der Waals surface area contributed by atoms with Gasteiger partial charge < -0.3 is 11.1 Å². The normalized spacial score (nSPS) is 27.2. The number of hydrogen-bond donors (Lipinski definition) is 2. The molecular weight excluding hydrogens is 268 g/mol. The summed E-state index contributed by atoms with van der Waals surface area (Å²) in [5.74, 6) is 1.07. The first kappa shape index (κ1) is 13.6. The molecule has 0 aliphatic heterocycles. The zero-order valence-corrected chi connectivity index (χ0v) is 12.7. The van der Waals surface area contributed by atoms with E-state index >= 15 is 0 Å². The molecule has 0 radical (unpaired) electrons. The summed E-state index contributed by atoms with van der Waals surface area (Å²) in [7, 11) is 0. The van der Waals surface area contributed by atoms with Crippen molar-refractivity contribution in [2.75, 3.05) is 0 Å². The third-order valence-corrected chi connectivity index (χ3v) is 5.19. The highest BCUT2D eigenvalue weighted by atomic mass is 32.1. The van der Waals surface area contributed by atoms with Crippen LogP contribution in [0.15, 0.2) is 24.3 Å². The van der Waals surface area contributed by atoms with Gasteiger partial charge in [-0.15, -0.1) is 0 Å². The van der Waals surface area contributed by atoms with Crippen LogP contribution < -0.4 is 11.1 Å². The second kappa shape index (κ2) is 4.55. The van der Waals surface area contributed by atoms with Crippen molar-refractivity contribution in [3.05, 3.63) is 35.4 Å². The Bertz CT molecular complexity index is 582. The lowest BCUT2D eigenvalue weighted by molar-refractivity contribution is -0.123. The molecule has 0 spiro atoms. The first-order valence-corrected chi connectivity index (χ1v) is 7.52. The van der Waals surface area contributed by atoms with Gasteiger partial charge in [0.2, 0.25) is 5.91 Å². The van der Waals surface area contributed by atoms with Gasteiger partial charge in [-0.2, -0.15) is 0 Å². The number of fused-ring (bicyclic) bond motifs is 3. The monoisotopic (exact) mass is 288 g/mol. The molecule has 2 aliphatic carbocycles. The quantitative estimate of drug-likeness (QED) is 0.838. The molecule has 4 heteroatoms. The average molecular weight is 288 g/mol. The summed E-state index contributed by atoms with van der Waals surface area (Å²) in [5, 5.41) is 3.00. The van der Waals surface area contributed by atoms with E-state index in [0.29, 0.717) is 16.8 Å². The van der Waals surface area contributed by atoms with Gasteiger partial charge in [0, 0.05) is 5.92 Å². The van der Waals surface area contributed by atoms with E-state index in [4.69, 9.17) is 18.0 Å². The van der Waals surface area contributed by atoms with E-state index in [2.05, 4.69) is 29.6 Å². The molecule has 3 N–H and O–H groups in total. The number of rotatable bonds is 3. The molecule has 0 bridgehead atoms. The molecule has 1 amide bonds. The number of nitrogens with one attached hydrogen (secondary N) is 1. The van der Waals surface area contributed by atoms with Gasteiger partial charge in [0.25, 0.3) is 0 Å². The molecular formula is C16H20N2OS. The van der Waals surface area contributed by atoms with Crippen molar-refractivity contribution in [3.63, 3.8) is 0 Å². The molecule has 1 aromatic carbocycles. The second-order valence-corrected chi connectivity index (χ2v) is 6.87. The van der Waals surface area contributed by atoms with Gasteiger partial charge in [-0.25, -0.2) is 0 Å². The number of aryl methyl sites for hydroxylation is 1. The summed E-state index contributed by atoms with van der Waals surface area (Å²) in [4.78, 5) is 12.8. The highest BCUT2D eigenvalue weighted by Gasteiger charge is 2.57. The van der Waals surface area contributed by atoms with E-state index < -0.39 is 5.54 Å². The van der Waals surface area contributed by atoms with E-state index in [1.807, 2.05) is 13.8 Å². The minimum absolute atomic E-state index is 0.0901. The maximum Gasteiger partial charge on any atom is 0.224 e. The third-order valence-electron chi connectivity index (χ3n) is 4.68. The summed E-state index contributed by atoms with van der Waals surface area (Å²) in [6.07, 6.45) is 2.19. The number of thiocarbonyl (C=S) groups is 1. The van der Waals surface area contributed by atoms with Crippen LogP contribution in [-0.2, 0) is 11.2 Å². The third kappa shape index (κ3) is 2.12. The molecule has 1 saturated carbocycles. The fourth-order valence-corrected chi connectivity index (χ4v) is 3.43. The predicted molar refractivity (Wildman–Crippen MR) is 83.5 cm³/mol. The number of carbonyl (C=O) groups excluding carboxylic acids is 1. The van der Waals surface area contributed by atoms with Gasteiger partial charge in [-0.1, -0.05) is 36.5 Å². The number of carbonyl (C=O) groups is 1. The molecule has 3 rings (SSSR count). The van der Waals surface area contributed by atoms with Crippen LogP contribution in [0.1, 0.15) is 37.3 Å². The highest BCUT2D eigenvalue weighted by Crippen LogP contribution is 2.59. The van der Waals surface area contributed by atoms with E-state index in [9.17, 15) is 4.79 Å². The highest BCUT2D eigenvalue weighted by molar-refractivity contribution is 7.80. The van der Waals surface area contributed by atoms with E-state index in [-0.39, 0.29) is 11.8 Å². The smallest absolute Gasteiger partial charge is 0.224 e. The number of amides is 1. The Balaban J connectivity index is 1.76. The van der Waals surface area contributed by atoms with Crippen molar-refractivity contribution in [3.8, 4) is 0 Å². The summed E-state index contributed by atoms with van der Waals surface area (Å²) in [6, 6.07) is 8.48. The summed E-state index contributed by atoms with van der Waals surface area (Å²) in [5.41, 5.74) is 7.82. The number of nitrogens with two attached hydrogens (primary N) is 1. The van der Waals surface area contributed by atoms with Gasteiger partial charge in [0.05, 0.1) is 10.5 Å². The first-order valence-electron chi connectivity index (χ1n) is 7.11. The fourth-order valence-electron chi connectivity index (χ4n) is 3.38. The Kier molecular flexibility index (Phi) is 3.09. The lowest BCUT2D eigenvalue weighted by atomic mass is 9.92. The van der Waals surface area contributed by atoms with Gasteiger partial charge in [0.1, 0.15) is 0 Å². The molecule has 0 aromatic heterocycles. The van der Waals surface area contributed by atoms with Gasteiger partial charge in [0.15, 0.2) is 0 Å². The fraction of sp³-hybridized carbons (Fsp3) is 0.500. The van der Waals surface area contributed by atoms with Crippen LogP contribution in [0.3, 0.4) is 0 Å². The van der Waals surface area contributed by atoms with Gasteiger partial charge in [-0.3, -0.25) is 4.79 Å². The molecule has 0 heterocycles. The molecule has 0 saturated heterocycles. The largest absolute Gasteiger partial charge is 0.391 e. The summed E-state index contributed by atoms with van der Waals surface area (Å²) in [6.45, 7) is 3.71. The standard InChI is InChI=1S/C16H20N2OS/c1-16(2,15(17)20)18-14(19)13-11-8-7-9-5-3-4-6-10(9)12(11)13/h3-6,11-13H,7-8H2,1-2H3,(H2,17,20)(H,18,19). The van der Waals surface area contributed by atoms with Crippen LogP contribution in [0.2, 0.25) is 0 Å². The Morgan fingerprint density at radius 1 is 1.40 bits per heavy atom. The SMILES string of the molecule is CC(C)(NC(=O)C1C2CCc3ccccc3C21)C(N)=S. The maximum absolute atomic E-state index is 12.5. The van der Waals surface area contributed by atoms with E-state index in [0.717, 1.165) is 12.8 Å². The zero-order chi connectivity index (χ0) is 14.5.